The van der Waals surface area contributed by atoms with E-state index in [0.717, 1.165) is 12.0 Å². The zero-order valence-electron chi connectivity index (χ0n) is 10.2. The predicted octanol–water partition coefficient (Wildman–Crippen LogP) is 4.14. The minimum Gasteiger partial charge on any atom is -0.324 e. The predicted molar refractivity (Wildman–Crippen MR) is 75.9 cm³/mol. The molecule has 0 spiro atoms. The van der Waals surface area contributed by atoms with E-state index in [0.29, 0.717) is 4.47 Å². The summed E-state index contributed by atoms with van der Waals surface area (Å²) >= 11 is 3.18. The van der Waals surface area contributed by atoms with Crippen LogP contribution in [-0.4, -0.2) is 0 Å². The van der Waals surface area contributed by atoms with E-state index >= 15 is 0 Å². The molecule has 1 atom stereocenters. The summed E-state index contributed by atoms with van der Waals surface area (Å²) in [5.41, 5.74) is 9.51. The highest BCUT2D eigenvalue weighted by atomic mass is 79.9. The molecule has 0 bridgehead atoms. The number of nitrogens with two attached hydrogens (primary N) is 1. The van der Waals surface area contributed by atoms with Crippen molar-refractivity contribution < 1.29 is 4.39 Å². The monoisotopic (exact) mass is 307 g/mol. The molecule has 1 unspecified atom stereocenters. The quantitative estimate of drug-likeness (QED) is 0.906. The minimum absolute atomic E-state index is 0.122. The van der Waals surface area contributed by atoms with E-state index in [2.05, 4.69) is 41.1 Å². The van der Waals surface area contributed by atoms with E-state index < -0.39 is 0 Å². The smallest absolute Gasteiger partial charge is 0.137 e. The van der Waals surface area contributed by atoms with Gasteiger partial charge >= 0.3 is 0 Å². The molecule has 2 N–H and O–H groups in total. The molecule has 3 heteroatoms. The van der Waals surface area contributed by atoms with Crippen LogP contribution in [0.25, 0.3) is 0 Å². The lowest BCUT2D eigenvalue weighted by molar-refractivity contribution is 0.617. The Morgan fingerprint density at radius 3 is 2.67 bits per heavy atom. The van der Waals surface area contributed by atoms with Crippen molar-refractivity contribution in [3.63, 3.8) is 0 Å². The molecular weight excluding hydrogens is 293 g/mol. The zero-order chi connectivity index (χ0) is 13.1. The fourth-order valence-corrected chi connectivity index (χ4v) is 2.35. The number of rotatable bonds is 3. The van der Waals surface area contributed by atoms with E-state index in [1.807, 2.05) is 6.07 Å². The summed E-state index contributed by atoms with van der Waals surface area (Å²) in [6.45, 7) is 2.06. The molecule has 0 radical (unpaired) electrons. The molecule has 0 heterocycles. The number of hydrogen-bond acceptors (Lipinski definition) is 1. The van der Waals surface area contributed by atoms with Crippen LogP contribution in [0.4, 0.5) is 4.39 Å². The Bertz CT molecular complexity index is 554. The van der Waals surface area contributed by atoms with Gasteiger partial charge < -0.3 is 5.73 Å². The Morgan fingerprint density at radius 1 is 1.22 bits per heavy atom. The Labute approximate surface area is 115 Å². The molecule has 94 valence electrons. The summed E-state index contributed by atoms with van der Waals surface area (Å²) in [6.07, 6.45) is 0.750. The van der Waals surface area contributed by atoms with Gasteiger partial charge in [0.15, 0.2) is 0 Å². The van der Waals surface area contributed by atoms with Crippen molar-refractivity contribution in [2.24, 2.45) is 5.73 Å². The van der Waals surface area contributed by atoms with Crippen LogP contribution in [-0.2, 0) is 6.42 Å². The van der Waals surface area contributed by atoms with Crippen molar-refractivity contribution in [2.75, 3.05) is 0 Å². The van der Waals surface area contributed by atoms with Crippen molar-refractivity contribution in [1.29, 1.82) is 0 Å². The second-order valence-electron chi connectivity index (χ2n) is 4.47. The maximum absolute atomic E-state index is 13.2. The van der Waals surface area contributed by atoms with E-state index in [4.69, 9.17) is 5.73 Å². The topological polar surface area (TPSA) is 26.0 Å². The van der Waals surface area contributed by atoms with E-state index in [1.165, 1.54) is 17.2 Å². The number of aryl methyl sites for hydroxylation is 1. The number of halogens is 2. The lowest BCUT2D eigenvalue weighted by Gasteiger charge is -2.13. The van der Waals surface area contributed by atoms with Crippen LogP contribution in [0.3, 0.4) is 0 Å². The van der Waals surface area contributed by atoms with Gasteiger partial charge in [0.2, 0.25) is 0 Å². The molecule has 18 heavy (non-hydrogen) atoms. The highest BCUT2D eigenvalue weighted by molar-refractivity contribution is 9.10. The van der Waals surface area contributed by atoms with Crippen LogP contribution < -0.4 is 5.73 Å². The largest absolute Gasteiger partial charge is 0.324 e. The molecule has 0 saturated carbocycles. The van der Waals surface area contributed by atoms with Crippen molar-refractivity contribution in [3.05, 3.63) is 69.4 Å². The Hall–Kier alpha value is -1.19. The highest BCUT2D eigenvalue weighted by Crippen LogP contribution is 2.22. The maximum Gasteiger partial charge on any atom is 0.137 e. The third-order valence-electron chi connectivity index (χ3n) is 2.91. The van der Waals surface area contributed by atoms with Gasteiger partial charge in [-0.15, -0.1) is 0 Å². The summed E-state index contributed by atoms with van der Waals surface area (Å²) < 4.78 is 13.6. The van der Waals surface area contributed by atoms with E-state index in [-0.39, 0.29) is 11.9 Å². The van der Waals surface area contributed by atoms with Gasteiger partial charge in [0.1, 0.15) is 5.82 Å². The second kappa shape index (κ2) is 5.63. The molecule has 2 rings (SSSR count). The van der Waals surface area contributed by atoms with Gasteiger partial charge in [-0.05, 0) is 52.5 Å². The van der Waals surface area contributed by atoms with Gasteiger partial charge in [-0.25, -0.2) is 4.39 Å². The Kier molecular flexibility index (Phi) is 4.15. The van der Waals surface area contributed by atoms with Crippen LogP contribution >= 0.6 is 15.9 Å². The van der Waals surface area contributed by atoms with Gasteiger partial charge in [-0.3, -0.25) is 0 Å². The zero-order valence-corrected chi connectivity index (χ0v) is 11.7. The summed E-state index contributed by atoms with van der Waals surface area (Å²) in [4.78, 5) is 0. The van der Waals surface area contributed by atoms with Crippen LogP contribution in [0.1, 0.15) is 22.7 Å². The fraction of sp³-hybridized carbons (Fsp3) is 0.200. The van der Waals surface area contributed by atoms with Crippen molar-refractivity contribution in [1.82, 2.24) is 0 Å². The van der Waals surface area contributed by atoms with Gasteiger partial charge in [0.25, 0.3) is 0 Å². The summed E-state index contributed by atoms with van der Waals surface area (Å²) in [6, 6.07) is 13.1. The normalized spacial score (nSPS) is 12.4. The van der Waals surface area contributed by atoms with Gasteiger partial charge in [0, 0.05) is 6.04 Å². The fourth-order valence-electron chi connectivity index (χ4n) is 1.95. The molecular formula is C15H15BrFN. The summed E-state index contributed by atoms with van der Waals surface area (Å²) in [7, 11) is 0. The molecule has 2 aromatic rings. The van der Waals surface area contributed by atoms with E-state index in [9.17, 15) is 4.39 Å². The van der Waals surface area contributed by atoms with Crippen molar-refractivity contribution in [2.45, 2.75) is 19.4 Å². The second-order valence-corrected chi connectivity index (χ2v) is 5.33. The molecule has 0 saturated heterocycles. The first-order valence-corrected chi connectivity index (χ1v) is 6.61. The molecule has 0 aliphatic heterocycles. The molecule has 0 aromatic heterocycles. The first-order valence-electron chi connectivity index (χ1n) is 5.82. The highest BCUT2D eigenvalue weighted by Gasteiger charge is 2.09. The standard InChI is InChI=1S/C15H15BrFN/c1-10-3-2-4-11(7-10)8-15(18)12-5-6-14(17)13(16)9-12/h2-7,9,15H,8,18H2,1H3. The van der Waals surface area contributed by atoms with Gasteiger partial charge in [0.05, 0.1) is 4.47 Å². The van der Waals surface area contributed by atoms with Crippen LogP contribution in [0.2, 0.25) is 0 Å². The number of hydrogen-bond donors (Lipinski definition) is 1. The molecule has 2 aromatic carbocycles. The Morgan fingerprint density at radius 2 is 2.00 bits per heavy atom. The molecule has 0 aliphatic carbocycles. The third-order valence-corrected chi connectivity index (χ3v) is 3.52. The SMILES string of the molecule is Cc1cccc(CC(N)c2ccc(F)c(Br)c2)c1. The molecule has 1 nitrogen and oxygen atoms in total. The van der Waals surface area contributed by atoms with E-state index in [1.54, 1.807) is 12.1 Å². The lowest BCUT2D eigenvalue weighted by atomic mass is 9.99. The lowest BCUT2D eigenvalue weighted by Crippen LogP contribution is -2.13. The van der Waals surface area contributed by atoms with Crippen LogP contribution in [0.15, 0.2) is 46.9 Å². The van der Waals surface area contributed by atoms with Crippen molar-refractivity contribution >= 4 is 15.9 Å². The van der Waals surface area contributed by atoms with Gasteiger partial charge in [-0.1, -0.05) is 35.9 Å². The summed E-state index contributed by atoms with van der Waals surface area (Å²) in [5.74, 6) is -0.262. The van der Waals surface area contributed by atoms with Crippen molar-refractivity contribution in [3.8, 4) is 0 Å². The van der Waals surface area contributed by atoms with Crippen LogP contribution in [0.5, 0.6) is 0 Å². The Balaban J connectivity index is 2.16. The molecule has 0 fully saturated rings. The first-order chi connectivity index (χ1) is 8.56. The molecule has 0 amide bonds. The maximum atomic E-state index is 13.2. The first kappa shape index (κ1) is 13.2. The third kappa shape index (κ3) is 3.18. The average molecular weight is 308 g/mol. The number of benzene rings is 2. The minimum atomic E-state index is -0.262. The average Bonchev–Trinajstić information content (AvgIpc) is 2.32. The van der Waals surface area contributed by atoms with Crippen LogP contribution in [0, 0.1) is 12.7 Å². The van der Waals surface area contributed by atoms with Gasteiger partial charge in [-0.2, -0.15) is 0 Å². The summed E-state index contributed by atoms with van der Waals surface area (Å²) in [5, 5.41) is 0. The molecule has 0 aliphatic rings.